The number of fused-ring (bicyclic) bond motifs is 2. The lowest BCUT2D eigenvalue weighted by atomic mass is 10.1. The molecule has 2 saturated heterocycles. The molecule has 18 heteroatoms. The maximum atomic E-state index is 11.5. The van der Waals surface area contributed by atoms with Gasteiger partial charge in [-0.05, 0) is 36.4 Å². The Morgan fingerprint density at radius 3 is 1.53 bits per heavy atom. The number of halogens is 2. The smallest absolute Gasteiger partial charge is 0.354 e. The Hall–Kier alpha value is -5.94. The van der Waals surface area contributed by atoms with Crippen molar-refractivity contribution in [3.63, 3.8) is 0 Å². The summed E-state index contributed by atoms with van der Waals surface area (Å²) in [5.74, 6) is -0.697. The zero-order chi connectivity index (χ0) is 38.6. The number of rotatable bonds is 7. The molecule has 6 heterocycles. The molecule has 282 valence electrons. The number of anilines is 2. The summed E-state index contributed by atoms with van der Waals surface area (Å²) >= 11 is 12.7. The number of morpholine rings is 2. The first kappa shape index (κ1) is 37.4. The highest BCUT2D eigenvalue weighted by atomic mass is 35.5. The van der Waals surface area contributed by atoms with E-state index in [-0.39, 0.29) is 32.7 Å². The van der Waals surface area contributed by atoms with Gasteiger partial charge in [-0.2, -0.15) is 0 Å². The predicted octanol–water partition coefficient (Wildman–Crippen LogP) is 5.47. The van der Waals surface area contributed by atoms with Crippen molar-refractivity contribution in [3.8, 4) is 34.0 Å². The number of carboxylic acids is 2. The molecular formula is C37H32Cl2N8O8. The first-order valence-corrected chi connectivity index (χ1v) is 17.7. The molecule has 4 aromatic heterocycles. The van der Waals surface area contributed by atoms with Crippen LogP contribution in [0.5, 0.6) is 11.5 Å². The van der Waals surface area contributed by atoms with Crippen LogP contribution in [-0.4, -0.2) is 117 Å². The largest absolute Gasteiger partial charge is 0.508 e. The molecule has 0 saturated carbocycles. The van der Waals surface area contributed by atoms with Crippen LogP contribution in [0.15, 0.2) is 60.7 Å². The average Bonchev–Trinajstić information content (AvgIpc) is 3.21. The Morgan fingerprint density at radius 1 is 0.636 bits per heavy atom. The van der Waals surface area contributed by atoms with Crippen molar-refractivity contribution in [1.82, 2.24) is 29.9 Å². The number of phenolic OH excluding ortho intramolecular Hbond substituents is 1. The van der Waals surface area contributed by atoms with E-state index in [2.05, 4.69) is 24.9 Å². The Labute approximate surface area is 322 Å². The van der Waals surface area contributed by atoms with Crippen LogP contribution in [0.25, 0.3) is 44.6 Å². The van der Waals surface area contributed by atoms with E-state index in [4.69, 9.17) is 42.4 Å². The van der Waals surface area contributed by atoms with Gasteiger partial charge in [-0.15, -0.1) is 0 Å². The molecule has 0 unspecified atom stereocenters. The van der Waals surface area contributed by atoms with Crippen molar-refractivity contribution in [2.75, 3.05) is 69.5 Å². The second-order valence-electron chi connectivity index (χ2n) is 12.2. The third kappa shape index (κ3) is 8.12. The van der Waals surface area contributed by atoms with Crippen LogP contribution in [-0.2, 0) is 9.47 Å². The second-order valence-corrected chi connectivity index (χ2v) is 13.0. The third-order valence-corrected chi connectivity index (χ3v) is 9.25. The van der Waals surface area contributed by atoms with Gasteiger partial charge >= 0.3 is 11.9 Å². The van der Waals surface area contributed by atoms with Gasteiger partial charge < -0.3 is 39.3 Å². The van der Waals surface area contributed by atoms with Gasteiger partial charge in [0, 0.05) is 37.3 Å². The standard InChI is InChI=1S/C19H17ClN4O4.C18H15ClN4O4/c1-27-12-4-2-3-11(9-12)15-17-16(13(20)10-14(21-17)18(25)26)23-19(22-15)24-5-7-28-8-6-24;19-12-9-13(17(25)26)20-16-14(10-2-1-3-11(24)8-10)21-18(22-15(12)16)23-4-6-27-7-5-23/h2-4,9-10H,5-8H2,1H3,(H,25,26);1-3,8-9,24H,4-7H2,(H,25,26). The molecule has 6 aromatic rings. The van der Waals surface area contributed by atoms with Crippen LogP contribution in [0, 0.1) is 0 Å². The lowest BCUT2D eigenvalue weighted by Gasteiger charge is -2.27. The molecule has 2 aromatic carbocycles. The minimum atomic E-state index is -1.20. The first-order valence-electron chi connectivity index (χ1n) is 16.9. The summed E-state index contributed by atoms with van der Waals surface area (Å²) in [7, 11) is 1.58. The summed E-state index contributed by atoms with van der Waals surface area (Å²) in [5, 5.41) is 28.9. The van der Waals surface area contributed by atoms with Crippen molar-refractivity contribution in [2.45, 2.75) is 0 Å². The maximum Gasteiger partial charge on any atom is 0.354 e. The fraction of sp³-hybridized carbons (Fsp3) is 0.243. The topological polar surface area (TPSA) is 206 Å². The van der Waals surface area contributed by atoms with E-state index in [0.29, 0.717) is 104 Å². The Bertz CT molecular complexity index is 2430. The molecule has 3 N–H and O–H groups in total. The number of hydrogen-bond donors (Lipinski definition) is 3. The van der Waals surface area contributed by atoms with Crippen LogP contribution in [0.1, 0.15) is 21.0 Å². The number of carbonyl (C=O) groups is 2. The predicted molar refractivity (Wildman–Crippen MR) is 204 cm³/mol. The number of nitrogens with zero attached hydrogens (tertiary/aromatic N) is 8. The number of aromatic hydroxyl groups is 1. The molecule has 16 nitrogen and oxygen atoms in total. The molecule has 0 aliphatic carbocycles. The van der Waals surface area contributed by atoms with E-state index in [0.717, 1.165) is 5.56 Å². The van der Waals surface area contributed by atoms with E-state index < -0.39 is 11.9 Å². The fourth-order valence-corrected chi connectivity index (χ4v) is 6.44. The van der Waals surface area contributed by atoms with Crippen molar-refractivity contribution in [3.05, 3.63) is 82.1 Å². The summed E-state index contributed by atoms with van der Waals surface area (Å²) in [5.41, 5.74) is 3.21. The number of pyridine rings is 2. The van der Waals surface area contributed by atoms with Gasteiger partial charge in [-0.1, -0.05) is 47.5 Å². The van der Waals surface area contributed by atoms with E-state index in [9.17, 15) is 24.9 Å². The van der Waals surface area contributed by atoms with Crippen LogP contribution < -0.4 is 14.5 Å². The van der Waals surface area contributed by atoms with Gasteiger partial charge in [-0.25, -0.2) is 39.5 Å². The molecule has 0 amide bonds. The molecule has 0 atom stereocenters. The summed E-state index contributed by atoms with van der Waals surface area (Å²) in [6, 6.07) is 16.4. The van der Waals surface area contributed by atoms with Crippen LogP contribution >= 0.6 is 23.2 Å². The number of ether oxygens (including phenoxy) is 3. The van der Waals surface area contributed by atoms with Gasteiger partial charge in [-0.3, -0.25) is 0 Å². The molecule has 0 bridgehead atoms. The van der Waals surface area contributed by atoms with Crippen LogP contribution in [0.2, 0.25) is 10.0 Å². The quantitative estimate of drug-likeness (QED) is 0.183. The zero-order valence-electron chi connectivity index (χ0n) is 29.1. The molecule has 8 rings (SSSR count). The molecule has 2 fully saturated rings. The van der Waals surface area contributed by atoms with Gasteiger partial charge in [0.05, 0.1) is 43.6 Å². The second kappa shape index (κ2) is 16.2. The van der Waals surface area contributed by atoms with Gasteiger partial charge in [0.15, 0.2) is 11.4 Å². The van der Waals surface area contributed by atoms with Crippen molar-refractivity contribution >= 4 is 69.1 Å². The lowest BCUT2D eigenvalue weighted by molar-refractivity contribution is 0.0680. The first-order chi connectivity index (χ1) is 26.6. The minimum absolute atomic E-state index is 0.0627. The molecule has 0 radical (unpaired) electrons. The number of aromatic carboxylic acids is 2. The number of phenols is 1. The summed E-state index contributed by atoms with van der Waals surface area (Å²) in [4.78, 5) is 53.7. The summed E-state index contributed by atoms with van der Waals surface area (Å²) in [6.45, 7) is 4.86. The monoisotopic (exact) mass is 786 g/mol. The van der Waals surface area contributed by atoms with Crippen molar-refractivity contribution in [2.24, 2.45) is 0 Å². The molecule has 2 aliphatic heterocycles. The number of carboxylic acid groups (broad SMARTS) is 2. The number of benzene rings is 2. The van der Waals surface area contributed by atoms with Gasteiger partial charge in [0.25, 0.3) is 0 Å². The van der Waals surface area contributed by atoms with Crippen molar-refractivity contribution < 1.29 is 39.1 Å². The van der Waals surface area contributed by atoms with Crippen LogP contribution in [0.3, 0.4) is 0 Å². The molecular weight excluding hydrogens is 755 g/mol. The highest BCUT2D eigenvalue weighted by Crippen LogP contribution is 2.34. The van der Waals surface area contributed by atoms with E-state index in [1.54, 1.807) is 25.3 Å². The Kier molecular flexibility index (Phi) is 11.0. The average molecular weight is 788 g/mol. The van der Waals surface area contributed by atoms with Gasteiger partial charge in [0.1, 0.15) is 45.0 Å². The maximum absolute atomic E-state index is 11.5. The van der Waals surface area contributed by atoms with Crippen molar-refractivity contribution in [1.29, 1.82) is 0 Å². The number of hydrogen-bond acceptors (Lipinski definition) is 14. The lowest BCUT2D eigenvalue weighted by Crippen LogP contribution is -2.37. The minimum Gasteiger partial charge on any atom is -0.508 e. The highest BCUT2D eigenvalue weighted by molar-refractivity contribution is 6.36. The summed E-state index contributed by atoms with van der Waals surface area (Å²) < 4.78 is 16.1. The fourth-order valence-electron chi connectivity index (χ4n) is 5.97. The molecule has 55 heavy (non-hydrogen) atoms. The van der Waals surface area contributed by atoms with Crippen LogP contribution in [0.4, 0.5) is 11.9 Å². The van der Waals surface area contributed by atoms with E-state index in [1.807, 2.05) is 34.1 Å². The van der Waals surface area contributed by atoms with E-state index in [1.165, 1.54) is 18.2 Å². The highest BCUT2D eigenvalue weighted by Gasteiger charge is 2.23. The normalized spacial score (nSPS) is 14.4. The Morgan fingerprint density at radius 2 is 1.09 bits per heavy atom. The summed E-state index contributed by atoms with van der Waals surface area (Å²) in [6.07, 6.45) is 0. The molecule has 2 aliphatic rings. The molecule has 0 spiro atoms. The van der Waals surface area contributed by atoms with E-state index >= 15 is 0 Å². The van der Waals surface area contributed by atoms with Gasteiger partial charge in [0.2, 0.25) is 11.9 Å². The number of methoxy groups -OCH3 is 1. The zero-order valence-corrected chi connectivity index (χ0v) is 30.7. The Balaban J connectivity index is 0.000000169. The number of aromatic nitrogens is 6. The third-order valence-electron chi connectivity index (χ3n) is 8.68. The SMILES string of the molecule is COc1cccc(-c2nc(N3CCOCC3)nc3c(Cl)cc(C(=O)O)nc23)c1.O=C(O)c1cc(Cl)c2nc(N3CCOCC3)nc(-c3cccc(O)c3)c2n1.